The number of hydrogen-bond acceptors (Lipinski definition) is 2. The monoisotopic (exact) mass is 173 g/mol. The lowest BCUT2D eigenvalue weighted by Gasteiger charge is -1.98. The van der Waals surface area contributed by atoms with Crippen molar-refractivity contribution in [2.75, 3.05) is 5.73 Å². The molecule has 0 amide bonds. The largest absolute Gasteiger partial charge is 0.399 e. The van der Waals surface area contributed by atoms with Gasteiger partial charge in [0.05, 0.1) is 0 Å². The Morgan fingerprint density at radius 1 is 1.38 bits per heavy atom. The van der Waals surface area contributed by atoms with Crippen molar-refractivity contribution in [2.45, 2.75) is 12.8 Å². The van der Waals surface area contributed by atoms with Crippen molar-refractivity contribution in [1.82, 2.24) is 0 Å². The zero-order chi connectivity index (χ0) is 9.68. The summed E-state index contributed by atoms with van der Waals surface area (Å²) in [6.45, 7) is 0. The second kappa shape index (κ2) is 4.32. The van der Waals surface area contributed by atoms with Gasteiger partial charge in [-0.2, -0.15) is 0 Å². The van der Waals surface area contributed by atoms with E-state index in [0.29, 0.717) is 24.1 Å². The third kappa shape index (κ3) is 2.64. The van der Waals surface area contributed by atoms with E-state index in [4.69, 9.17) is 12.2 Å². The summed E-state index contributed by atoms with van der Waals surface area (Å²) in [7, 11) is 0. The minimum Gasteiger partial charge on any atom is -0.399 e. The molecule has 0 bridgehead atoms. The molecule has 0 spiro atoms. The van der Waals surface area contributed by atoms with Crippen molar-refractivity contribution in [3.05, 3.63) is 29.8 Å². The summed E-state index contributed by atoms with van der Waals surface area (Å²) in [6, 6.07) is 6.86. The zero-order valence-corrected chi connectivity index (χ0v) is 7.29. The van der Waals surface area contributed by atoms with Gasteiger partial charge in [0, 0.05) is 24.1 Å². The van der Waals surface area contributed by atoms with Gasteiger partial charge in [0.15, 0.2) is 5.78 Å². The predicted molar refractivity (Wildman–Crippen MR) is 53.3 cm³/mol. The lowest BCUT2D eigenvalue weighted by molar-refractivity contribution is 0.0984. The standard InChI is InChI=1S/C11H11NO/c1-2-3-4-11(13)9-5-7-10(12)8-6-9/h1,5-8H,3-4,12H2. The summed E-state index contributed by atoms with van der Waals surface area (Å²) in [5, 5.41) is 0. The Balaban J connectivity index is 2.68. The first-order valence-corrected chi connectivity index (χ1v) is 4.06. The fraction of sp³-hybridized carbons (Fsp3) is 0.182. The number of rotatable bonds is 3. The van der Waals surface area contributed by atoms with Gasteiger partial charge in [0.1, 0.15) is 0 Å². The van der Waals surface area contributed by atoms with E-state index >= 15 is 0 Å². The third-order valence-corrected chi connectivity index (χ3v) is 1.73. The molecule has 0 aliphatic heterocycles. The SMILES string of the molecule is C#CCCC(=O)c1ccc(N)cc1. The number of nitrogen functional groups attached to an aromatic ring is 1. The summed E-state index contributed by atoms with van der Waals surface area (Å²) < 4.78 is 0. The molecule has 0 heterocycles. The van der Waals surface area contributed by atoms with Crippen LogP contribution in [-0.4, -0.2) is 5.78 Å². The lowest BCUT2D eigenvalue weighted by Crippen LogP contribution is -1.98. The topological polar surface area (TPSA) is 43.1 Å². The molecule has 0 saturated carbocycles. The van der Waals surface area contributed by atoms with Crippen LogP contribution in [0.2, 0.25) is 0 Å². The summed E-state index contributed by atoms with van der Waals surface area (Å²) >= 11 is 0. The number of carbonyl (C=O) groups excluding carboxylic acids is 1. The van der Waals surface area contributed by atoms with Crippen LogP contribution < -0.4 is 5.73 Å². The van der Waals surface area contributed by atoms with Crippen molar-refractivity contribution in [2.24, 2.45) is 0 Å². The summed E-state index contributed by atoms with van der Waals surface area (Å²) in [5.41, 5.74) is 6.81. The number of benzene rings is 1. The number of anilines is 1. The van der Waals surface area contributed by atoms with Gasteiger partial charge in [-0.3, -0.25) is 4.79 Å². The van der Waals surface area contributed by atoms with Gasteiger partial charge in [-0.15, -0.1) is 12.3 Å². The maximum absolute atomic E-state index is 11.4. The Morgan fingerprint density at radius 3 is 2.54 bits per heavy atom. The first-order valence-electron chi connectivity index (χ1n) is 4.06. The molecule has 0 aliphatic rings. The van der Waals surface area contributed by atoms with E-state index in [1.807, 2.05) is 0 Å². The number of ketones is 1. The molecule has 2 nitrogen and oxygen atoms in total. The Hall–Kier alpha value is -1.75. The molecule has 2 N–H and O–H groups in total. The molecule has 0 saturated heterocycles. The molecule has 0 atom stereocenters. The van der Waals surface area contributed by atoms with Crippen LogP contribution in [-0.2, 0) is 0 Å². The van der Waals surface area contributed by atoms with Gasteiger partial charge in [0.25, 0.3) is 0 Å². The van der Waals surface area contributed by atoms with Crippen molar-refractivity contribution < 1.29 is 4.79 Å². The number of carbonyl (C=O) groups is 1. The van der Waals surface area contributed by atoms with Crippen LogP contribution in [0.25, 0.3) is 0 Å². The number of nitrogens with two attached hydrogens (primary N) is 1. The minimum atomic E-state index is 0.0675. The molecule has 2 heteroatoms. The van der Waals surface area contributed by atoms with E-state index in [2.05, 4.69) is 5.92 Å². The van der Waals surface area contributed by atoms with E-state index < -0.39 is 0 Å². The molecule has 0 radical (unpaired) electrons. The van der Waals surface area contributed by atoms with Crippen LogP contribution >= 0.6 is 0 Å². The van der Waals surface area contributed by atoms with E-state index in [1.165, 1.54) is 0 Å². The van der Waals surface area contributed by atoms with E-state index in [1.54, 1.807) is 24.3 Å². The molecule has 66 valence electrons. The van der Waals surface area contributed by atoms with Crippen molar-refractivity contribution in [3.8, 4) is 12.3 Å². The van der Waals surface area contributed by atoms with E-state index in [0.717, 1.165) is 0 Å². The molecule has 1 rings (SSSR count). The van der Waals surface area contributed by atoms with Crippen molar-refractivity contribution >= 4 is 11.5 Å². The van der Waals surface area contributed by atoms with Crippen LogP contribution in [0.5, 0.6) is 0 Å². The minimum absolute atomic E-state index is 0.0675. The van der Waals surface area contributed by atoms with Crippen LogP contribution in [0.4, 0.5) is 5.69 Å². The Labute approximate surface area is 77.8 Å². The molecular weight excluding hydrogens is 162 g/mol. The highest BCUT2D eigenvalue weighted by atomic mass is 16.1. The van der Waals surface area contributed by atoms with Crippen LogP contribution in [0.15, 0.2) is 24.3 Å². The van der Waals surface area contributed by atoms with Gasteiger partial charge in [-0.1, -0.05) is 0 Å². The van der Waals surface area contributed by atoms with Crippen LogP contribution in [0.1, 0.15) is 23.2 Å². The third-order valence-electron chi connectivity index (χ3n) is 1.73. The molecule has 0 fully saturated rings. The smallest absolute Gasteiger partial charge is 0.163 e. The van der Waals surface area contributed by atoms with Crippen molar-refractivity contribution in [3.63, 3.8) is 0 Å². The van der Waals surface area contributed by atoms with Gasteiger partial charge < -0.3 is 5.73 Å². The van der Waals surface area contributed by atoms with Gasteiger partial charge in [-0.05, 0) is 24.3 Å². The van der Waals surface area contributed by atoms with Gasteiger partial charge >= 0.3 is 0 Å². The van der Waals surface area contributed by atoms with Crippen molar-refractivity contribution in [1.29, 1.82) is 0 Å². The Morgan fingerprint density at radius 2 is 2.00 bits per heavy atom. The van der Waals surface area contributed by atoms with Gasteiger partial charge in [0.2, 0.25) is 0 Å². The van der Waals surface area contributed by atoms with E-state index in [-0.39, 0.29) is 5.78 Å². The molecule has 0 aliphatic carbocycles. The van der Waals surface area contributed by atoms with Gasteiger partial charge in [-0.25, -0.2) is 0 Å². The quantitative estimate of drug-likeness (QED) is 0.430. The second-order valence-electron chi connectivity index (χ2n) is 2.75. The molecule has 1 aromatic rings. The highest BCUT2D eigenvalue weighted by Crippen LogP contribution is 2.08. The second-order valence-corrected chi connectivity index (χ2v) is 2.75. The lowest BCUT2D eigenvalue weighted by atomic mass is 10.1. The normalized spacial score (nSPS) is 9.15. The summed E-state index contributed by atoms with van der Waals surface area (Å²) in [6.07, 6.45) is 5.95. The van der Waals surface area contributed by atoms with E-state index in [9.17, 15) is 4.79 Å². The Bertz CT molecular complexity index is 332. The number of terminal acetylenes is 1. The summed E-state index contributed by atoms with van der Waals surface area (Å²) in [5.74, 6) is 2.50. The average molecular weight is 173 g/mol. The number of hydrogen-bond donors (Lipinski definition) is 1. The predicted octanol–water partition coefficient (Wildman–Crippen LogP) is 1.86. The molecule has 13 heavy (non-hydrogen) atoms. The molecule has 0 unspecified atom stereocenters. The number of Topliss-reactive ketones (excluding diaryl/α,β-unsaturated/α-hetero) is 1. The highest BCUT2D eigenvalue weighted by molar-refractivity contribution is 5.96. The average Bonchev–Trinajstić information content (AvgIpc) is 2.15. The molecule has 1 aromatic carbocycles. The maximum atomic E-state index is 11.4. The summed E-state index contributed by atoms with van der Waals surface area (Å²) in [4.78, 5) is 11.4. The maximum Gasteiger partial charge on any atom is 0.163 e. The fourth-order valence-electron chi connectivity index (χ4n) is 0.999. The highest BCUT2D eigenvalue weighted by Gasteiger charge is 2.03. The molecule has 0 aromatic heterocycles. The zero-order valence-electron chi connectivity index (χ0n) is 7.29. The van der Waals surface area contributed by atoms with Crippen LogP contribution in [0.3, 0.4) is 0 Å². The first-order chi connectivity index (χ1) is 6.24. The Kier molecular flexibility index (Phi) is 3.10. The van der Waals surface area contributed by atoms with Crippen LogP contribution in [0, 0.1) is 12.3 Å². The fourth-order valence-corrected chi connectivity index (χ4v) is 0.999. The first kappa shape index (κ1) is 9.34. The molecular formula is C11H11NO.